The maximum Gasteiger partial charge on any atom is 0.253 e. The summed E-state index contributed by atoms with van der Waals surface area (Å²) in [6.07, 6.45) is 5.34. The van der Waals surface area contributed by atoms with Crippen molar-refractivity contribution in [2.45, 2.75) is 89.8 Å². The molecule has 1 aliphatic carbocycles. The van der Waals surface area contributed by atoms with E-state index in [9.17, 15) is 18.4 Å². The number of nitrogens with one attached hydrogen (secondary N) is 1. The van der Waals surface area contributed by atoms with Crippen molar-refractivity contribution in [3.63, 3.8) is 0 Å². The van der Waals surface area contributed by atoms with Gasteiger partial charge in [-0.15, -0.1) is 0 Å². The summed E-state index contributed by atoms with van der Waals surface area (Å²) < 4.78 is 25.8. The van der Waals surface area contributed by atoms with Crippen molar-refractivity contribution in [3.05, 3.63) is 34.9 Å². The first-order valence-electron chi connectivity index (χ1n) is 11.5. The van der Waals surface area contributed by atoms with Crippen molar-refractivity contribution in [2.24, 2.45) is 11.7 Å². The van der Waals surface area contributed by atoms with E-state index in [4.69, 9.17) is 5.73 Å². The van der Waals surface area contributed by atoms with Crippen LogP contribution in [0.5, 0.6) is 0 Å². The van der Waals surface area contributed by atoms with Crippen LogP contribution in [0.3, 0.4) is 0 Å². The molecule has 1 heterocycles. The number of benzene rings is 1. The SMILES string of the molecule is Cc1ccc(CC(N)C(F)F)c(CNC(=O)C2CCCN2C(=O)CC2CCCCC2)c1. The summed E-state index contributed by atoms with van der Waals surface area (Å²) in [5, 5.41) is 2.94. The quantitative estimate of drug-likeness (QED) is 0.654. The molecule has 31 heavy (non-hydrogen) atoms. The number of amides is 2. The van der Waals surface area contributed by atoms with E-state index in [2.05, 4.69) is 5.32 Å². The number of alkyl halides is 2. The van der Waals surface area contributed by atoms with E-state index >= 15 is 0 Å². The minimum atomic E-state index is -2.59. The zero-order chi connectivity index (χ0) is 22.4. The Bertz CT molecular complexity index is 765. The highest BCUT2D eigenvalue weighted by Crippen LogP contribution is 2.28. The summed E-state index contributed by atoms with van der Waals surface area (Å²) in [6.45, 7) is 2.79. The Labute approximate surface area is 183 Å². The molecule has 1 aliphatic heterocycles. The fourth-order valence-corrected chi connectivity index (χ4v) is 4.85. The van der Waals surface area contributed by atoms with Crippen molar-refractivity contribution in [3.8, 4) is 0 Å². The molecule has 1 aromatic rings. The number of hydrogen-bond acceptors (Lipinski definition) is 3. The van der Waals surface area contributed by atoms with Crippen LogP contribution in [0, 0.1) is 12.8 Å². The third-order valence-corrected chi connectivity index (χ3v) is 6.66. The lowest BCUT2D eigenvalue weighted by atomic mass is 9.86. The van der Waals surface area contributed by atoms with Crippen molar-refractivity contribution >= 4 is 11.8 Å². The summed E-state index contributed by atoms with van der Waals surface area (Å²) in [7, 11) is 0. The van der Waals surface area contributed by atoms with Crippen molar-refractivity contribution in [1.29, 1.82) is 0 Å². The van der Waals surface area contributed by atoms with E-state index in [0.717, 1.165) is 36.0 Å². The van der Waals surface area contributed by atoms with Gasteiger partial charge in [-0.25, -0.2) is 8.78 Å². The minimum Gasteiger partial charge on any atom is -0.350 e. The third kappa shape index (κ3) is 6.48. The lowest BCUT2D eigenvalue weighted by Crippen LogP contribution is -2.46. The Kier molecular flexibility index (Phi) is 8.41. The monoisotopic (exact) mass is 435 g/mol. The number of nitrogens with zero attached hydrogens (tertiary/aromatic N) is 1. The number of carbonyl (C=O) groups is 2. The molecule has 3 N–H and O–H groups in total. The van der Waals surface area contributed by atoms with E-state index in [1.165, 1.54) is 19.3 Å². The normalized spacial score (nSPS) is 20.8. The van der Waals surface area contributed by atoms with Crippen LogP contribution in [-0.4, -0.2) is 41.8 Å². The number of likely N-dealkylation sites (tertiary alicyclic amines) is 1. The van der Waals surface area contributed by atoms with Gasteiger partial charge >= 0.3 is 0 Å². The number of hydrogen-bond donors (Lipinski definition) is 2. The molecule has 0 radical (unpaired) electrons. The number of halogens is 2. The van der Waals surface area contributed by atoms with Gasteiger partial charge in [0.1, 0.15) is 6.04 Å². The second kappa shape index (κ2) is 11.0. The molecule has 1 aromatic carbocycles. The predicted molar refractivity (Wildman–Crippen MR) is 117 cm³/mol. The molecule has 2 unspecified atom stereocenters. The Morgan fingerprint density at radius 3 is 2.58 bits per heavy atom. The molecule has 1 saturated heterocycles. The molecule has 2 amide bonds. The second-order valence-electron chi connectivity index (χ2n) is 9.15. The van der Waals surface area contributed by atoms with Crippen LogP contribution in [0.15, 0.2) is 18.2 Å². The number of rotatable bonds is 8. The van der Waals surface area contributed by atoms with E-state index < -0.39 is 18.5 Å². The van der Waals surface area contributed by atoms with Gasteiger partial charge in [0.25, 0.3) is 6.43 Å². The lowest BCUT2D eigenvalue weighted by molar-refractivity contribution is -0.139. The van der Waals surface area contributed by atoms with Crippen LogP contribution in [0.4, 0.5) is 8.78 Å². The molecule has 2 atom stereocenters. The average Bonchev–Trinajstić information content (AvgIpc) is 3.24. The van der Waals surface area contributed by atoms with Crippen LogP contribution in [-0.2, 0) is 22.6 Å². The van der Waals surface area contributed by atoms with Crippen LogP contribution in [0.2, 0.25) is 0 Å². The Balaban J connectivity index is 1.59. The highest BCUT2D eigenvalue weighted by Gasteiger charge is 2.34. The molecular formula is C24H35F2N3O2. The van der Waals surface area contributed by atoms with Crippen LogP contribution in [0.25, 0.3) is 0 Å². The van der Waals surface area contributed by atoms with Crippen molar-refractivity contribution in [2.75, 3.05) is 6.54 Å². The van der Waals surface area contributed by atoms with Crippen molar-refractivity contribution < 1.29 is 18.4 Å². The molecule has 0 spiro atoms. The molecule has 2 fully saturated rings. The fourth-order valence-electron chi connectivity index (χ4n) is 4.85. The molecule has 0 bridgehead atoms. The van der Waals surface area contributed by atoms with Gasteiger partial charge in [-0.2, -0.15) is 0 Å². The van der Waals surface area contributed by atoms with Gasteiger partial charge in [-0.1, -0.05) is 43.0 Å². The third-order valence-electron chi connectivity index (χ3n) is 6.66. The highest BCUT2D eigenvalue weighted by molar-refractivity contribution is 5.88. The van der Waals surface area contributed by atoms with Gasteiger partial charge in [-0.3, -0.25) is 9.59 Å². The largest absolute Gasteiger partial charge is 0.350 e. The first-order valence-corrected chi connectivity index (χ1v) is 11.5. The number of aryl methyl sites for hydroxylation is 1. The predicted octanol–water partition coefficient (Wildman–Crippen LogP) is 3.71. The summed E-state index contributed by atoms with van der Waals surface area (Å²) in [5.74, 6) is 0.364. The maximum absolute atomic E-state index is 12.9. The molecule has 0 aromatic heterocycles. The Morgan fingerprint density at radius 2 is 1.87 bits per heavy atom. The van der Waals surface area contributed by atoms with Gasteiger partial charge < -0.3 is 16.0 Å². The van der Waals surface area contributed by atoms with Crippen LogP contribution < -0.4 is 11.1 Å². The fraction of sp³-hybridized carbons (Fsp3) is 0.667. The average molecular weight is 436 g/mol. The van der Waals surface area contributed by atoms with Gasteiger partial charge in [0, 0.05) is 19.5 Å². The first kappa shape index (κ1) is 23.6. The number of carbonyl (C=O) groups excluding carboxylic acids is 2. The summed E-state index contributed by atoms with van der Waals surface area (Å²) in [4.78, 5) is 27.5. The standard InChI is InChI=1S/C24H35F2N3O2/c1-16-9-10-18(14-20(27)23(25)26)19(12-16)15-28-24(31)21-8-5-11-29(21)22(30)13-17-6-3-2-4-7-17/h9-10,12,17,20-21,23H,2-8,11,13-15,27H2,1H3,(H,28,31). The van der Waals surface area contributed by atoms with Gasteiger partial charge in [0.05, 0.1) is 6.04 Å². The van der Waals surface area contributed by atoms with E-state index in [0.29, 0.717) is 25.3 Å². The highest BCUT2D eigenvalue weighted by atomic mass is 19.3. The summed E-state index contributed by atoms with van der Waals surface area (Å²) in [6, 6.07) is 3.89. The molecule has 3 rings (SSSR count). The topological polar surface area (TPSA) is 75.4 Å². The van der Waals surface area contributed by atoms with Gasteiger partial charge in [0.15, 0.2) is 0 Å². The molecule has 2 aliphatic rings. The Morgan fingerprint density at radius 1 is 1.13 bits per heavy atom. The van der Waals surface area contributed by atoms with E-state index in [-0.39, 0.29) is 24.8 Å². The Hall–Kier alpha value is -2.02. The van der Waals surface area contributed by atoms with E-state index in [1.807, 2.05) is 19.1 Å². The molecule has 172 valence electrons. The van der Waals surface area contributed by atoms with Gasteiger partial charge in [0.2, 0.25) is 11.8 Å². The lowest BCUT2D eigenvalue weighted by Gasteiger charge is -2.27. The zero-order valence-corrected chi connectivity index (χ0v) is 18.4. The molecular weight excluding hydrogens is 400 g/mol. The second-order valence-corrected chi connectivity index (χ2v) is 9.15. The summed E-state index contributed by atoms with van der Waals surface area (Å²) >= 11 is 0. The van der Waals surface area contributed by atoms with Crippen molar-refractivity contribution in [1.82, 2.24) is 10.2 Å². The first-order chi connectivity index (χ1) is 14.8. The molecule has 7 heteroatoms. The zero-order valence-electron chi connectivity index (χ0n) is 18.4. The van der Waals surface area contributed by atoms with Crippen LogP contribution in [0.1, 0.15) is 68.1 Å². The van der Waals surface area contributed by atoms with E-state index in [1.54, 1.807) is 11.0 Å². The molecule has 1 saturated carbocycles. The van der Waals surface area contributed by atoms with Crippen LogP contribution >= 0.6 is 0 Å². The molecule has 5 nitrogen and oxygen atoms in total. The smallest absolute Gasteiger partial charge is 0.253 e. The van der Waals surface area contributed by atoms with Gasteiger partial charge in [-0.05, 0) is 56.1 Å². The number of nitrogens with two attached hydrogens (primary N) is 1. The maximum atomic E-state index is 12.9. The minimum absolute atomic E-state index is 0.0541. The summed E-state index contributed by atoms with van der Waals surface area (Å²) in [5.41, 5.74) is 8.06.